The zero-order valence-corrected chi connectivity index (χ0v) is 9.07. The van der Waals surface area contributed by atoms with Gasteiger partial charge in [-0.3, -0.25) is 4.84 Å². The number of hydrogen-bond acceptors (Lipinski definition) is 3. The lowest BCUT2D eigenvalue weighted by atomic mass is 9.79. The first-order valence-electron chi connectivity index (χ1n) is 5.47. The molecule has 0 amide bonds. The number of ether oxygens (including phenoxy) is 1. The van der Waals surface area contributed by atoms with Crippen molar-refractivity contribution in [3.05, 3.63) is 35.6 Å². The van der Waals surface area contributed by atoms with Crippen molar-refractivity contribution in [2.24, 2.45) is 5.92 Å². The fourth-order valence-corrected chi connectivity index (χ4v) is 2.60. The summed E-state index contributed by atoms with van der Waals surface area (Å²) in [6, 6.07) is 6.81. The molecule has 0 aliphatic carbocycles. The topological polar surface area (TPSA) is 30.5 Å². The lowest BCUT2D eigenvalue weighted by molar-refractivity contribution is -0.0126. The van der Waals surface area contributed by atoms with Crippen LogP contribution in [0.25, 0.3) is 0 Å². The Balaban J connectivity index is 2.02. The van der Waals surface area contributed by atoms with Crippen molar-refractivity contribution >= 4 is 0 Å². The van der Waals surface area contributed by atoms with E-state index in [1.54, 1.807) is 12.1 Å². The number of hydrogen-bond donors (Lipinski definition) is 1. The first kappa shape index (κ1) is 10.2. The molecule has 0 spiro atoms. The highest BCUT2D eigenvalue weighted by atomic mass is 19.1. The third kappa shape index (κ3) is 1.30. The monoisotopic (exact) mass is 223 g/mol. The minimum atomic E-state index is -0.494. The SMILES string of the molecule is CC1(c2ccccc2F)NOC2COCC21. The van der Waals surface area contributed by atoms with Crippen LogP contribution in [-0.2, 0) is 15.1 Å². The molecule has 0 bridgehead atoms. The maximum Gasteiger partial charge on any atom is 0.128 e. The van der Waals surface area contributed by atoms with Crippen molar-refractivity contribution in [3.63, 3.8) is 0 Å². The van der Waals surface area contributed by atoms with Crippen molar-refractivity contribution in [2.75, 3.05) is 13.2 Å². The zero-order chi connectivity index (χ0) is 11.2. The van der Waals surface area contributed by atoms with Crippen LogP contribution >= 0.6 is 0 Å². The Morgan fingerprint density at radius 2 is 2.19 bits per heavy atom. The van der Waals surface area contributed by atoms with Crippen molar-refractivity contribution in [2.45, 2.75) is 18.6 Å². The van der Waals surface area contributed by atoms with Crippen LogP contribution in [0.3, 0.4) is 0 Å². The van der Waals surface area contributed by atoms with E-state index >= 15 is 0 Å². The summed E-state index contributed by atoms with van der Waals surface area (Å²) in [6.45, 7) is 3.16. The van der Waals surface area contributed by atoms with Crippen molar-refractivity contribution in [1.82, 2.24) is 5.48 Å². The normalized spacial score (nSPS) is 37.6. The predicted molar refractivity (Wildman–Crippen MR) is 56.1 cm³/mol. The molecular weight excluding hydrogens is 209 g/mol. The maximum absolute atomic E-state index is 13.8. The summed E-state index contributed by atoms with van der Waals surface area (Å²) in [6.07, 6.45) is 0.0320. The van der Waals surface area contributed by atoms with Crippen LogP contribution in [0.5, 0.6) is 0 Å². The first-order chi connectivity index (χ1) is 7.72. The molecule has 3 atom stereocenters. The van der Waals surface area contributed by atoms with E-state index in [9.17, 15) is 4.39 Å². The van der Waals surface area contributed by atoms with E-state index in [0.717, 1.165) is 0 Å². The van der Waals surface area contributed by atoms with E-state index < -0.39 is 5.54 Å². The molecule has 2 heterocycles. The number of halogens is 1. The Kier molecular flexibility index (Phi) is 2.24. The molecule has 1 aromatic carbocycles. The quantitative estimate of drug-likeness (QED) is 0.784. The van der Waals surface area contributed by atoms with Crippen LogP contribution in [0, 0.1) is 11.7 Å². The van der Waals surface area contributed by atoms with E-state index in [0.29, 0.717) is 18.8 Å². The second-order valence-electron chi connectivity index (χ2n) is 4.58. The average Bonchev–Trinajstić information content (AvgIpc) is 2.84. The van der Waals surface area contributed by atoms with Crippen LogP contribution in [0.2, 0.25) is 0 Å². The van der Waals surface area contributed by atoms with Gasteiger partial charge in [0.25, 0.3) is 0 Å². The minimum Gasteiger partial charge on any atom is -0.378 e. The van der Waals surface area contributed by atoms with Crippen LogP contribution in [0.1, 0.15) is 12.5 Å². The molecule has 2 aliphatic rings. The molecule has 2 saturated heterocycles. The first-order valence-corrected chi connectivity index (χ1v) is 5.47. The van der Waals surface area contributed by atoms with Gasteiger partial charge in [-0.25, -0.2) is 4.39 Å². The zero-order valence-electron chi connectivity index (χ0n) is 9.07. The van der Waals surface area contributed by atoms with Gasteiger partial charge >= 0.3 is 0 Å². The molecule has 16 heavy (non-hydrogen) atoms. The molecule has 2 aliphatic heterocycles. The number of rotatable bonds is 1. The smallest absolute Gasteiger partial charge is 0.128 e. The average molecular weight is 223 g/mol. The summed E-state index contributed by atoms with van der Waals surface area (Å²) >= 11 is 0. The van der Waals surface area contributed by atoms with E-state index in [1.165, 1.54) is 6.07 Å². The molecule has 0 saturated carbocycles. The van der Waals surface area contributed by atoms with Gasteiger partial charge in [0.2, 0.25) is 0 Å². The molecule has 1 N–H and O–H groups in total. The van der Waals surface area contributed by atoms with E-state index in [-0.39, 0.29) is 17.8 Å². The number of fused-ring (bicyclic) bond motifs is 1. The van der Waals surface area contributed by atoms with Crippen LogP contribution < -0.4 is 5.48 Å². The van der Waals surface area contributed by atoms with Gasteiger partial charge in [-0.2, -0.15) is 5.48 Å². The molecule has 3 unspecified atom stereocenters. The molecule has 2 fully saturated rings. The number of nitrogens with one attached hydrogen (secondary N) is 1. The van der Waals surface area contributed by atoms with E-state index in [4.69, 9.17) is 9.57 Å². The minimum absolute atomic E-state index is 0.0320. The molecule has 4 heteroatoms. The Morgan fingerprint density at radius 1 is 1.38 bits per heavy atom. The lowest BCUT2D eigenvalue weighted by Gasteiger charge is -2.28. The third-order valence-electron chi connectivity index (χ3n) is 3.63. The summed E-state index contributed by atoms with van der Waals surface area (Å²) in [5.74, 6) is -0.0296. The fourth-order valence-electron chi connectivity index (χ4n) is 2.60. The third-order valence-corrected chi connectivity index (χ3v) is 3.63. The summed E-state index contributed by atoms with van der Waals surface area (Å²) in [5, 5.41) is 0. The predicted octanol–water partition coefficient (Wildman–Crippen LogP) is 1.59. The van der Waals surface area contributed by atoms with Crippen molar-refractivity contribution in [3.8, 4) is 0 Å². The molecular formula is C12H14FNO2. The lowest BCUT2D eigenvalue weighted by Crippen LogP contribution is -2.40. The molecule has 0 aromatic heterocycles. The highest BCUT2D eigenvalue weighted by Gasteiger charge is 2.51. The van der Waals surface area contributed by atoms with Gasteiger partial charge in [-0.1, -0.05) is 18.2 Å². The van der Waals surface area contributed by atoms with E-state index in [2.05, 4.69) is 5.48 Å². The number of benzene rings is 1. The van der Waals surface area contributed by atoms with Gasteiger partial charge < -0.3 is 4.74 Å². The Morgan fingerprint density at radius 3 is 3.00 bits per heavy atom. The highest BCUT2D eigenvalue weighted by molar-refractivity contribution is 5.28. The van der Waals surface area contributed by atoms with Crippen molar-refractivity contribution in [1.29, 1.82) is 0 Å². The largest absolute Gasteiger partial charge is 0.378 e. The summed E-state index contributed by atoms with van der Waals surface area (Å²) in [5.41, 5.74) is 3.12. The Labute approximate surface area is 93.5 Å². The fraction of sp³-hybridized carbons (Fsp3) is 0.500. The second-order valence-corrected chi connectivity index (χ2v) is 4.58. The number of hydroxylamine groups is 1. The van der Waals surface area contributed by atoms with Gasteiger partial charge in [0.1, 0.15) is 11.9 Å². The Hall–Kier alpha value is -0.970. The van der Waals surface area contributed by atoms with Gasteiger partial charge in [0.05, 0.1) is 18.8 Å². The van der Waals surface area contributed by atoms with E-state index in [1.807, 2.05) is 13.0 Å². The maximum atomic E-state index is 13.8. The Bertz CT molecular complexity index is 412. The van der Waals surface area contributed by atoms with Gasteiger partial charge in [0, 0.05) is 11.5 Å². The highest BCUT2D eigenvalue weighted by Crippen LogP contribution is 2.41. The summed E-state index contributed by atoms with van der Waals surface area (Å²) in [4.78, 5) is 5.46. The second kappa shape index (κ2) is 3.52. The van der Waals surface area contributed by atoms with Gasteiger partial charge in [-0.15, -0.1) is 0 Å². The molecule has 3 rings (SSSR count). The molecule has 3 nitrogen and oxygen atoms in total. The standard InChI is InChI=1S/C12H14FNO2/c1-12(8-4-2-3-5-10(8)13)9-6-15-7-11(9)16-14-12/h2-5,9,11,14H,6-7H2,1H3. The van der Waals surface area contributed by atoms with Crippen LogP contribution in [0.4, 0.5) is 4.39 Å². The van der Waals surface area contributed by atoms with Crippen LogP contribution in [-0.4, -0.2) is 19.3 Å². The molecule has 86 valence electrons. The van der Waals surface area contributed by atoms with Gasteiger partial charge in [0.15, 0.2) is 0 Å². The van der Waals surface area contributed by atoms with Crippen LogP contribution in [0.15, 0.2) is 24.3 Å². The molecule has 1 aromatic rings. The molecule has 0 radical (unpaired) electrons. The summed E-state index contributed by atoms with van der Waals surface area (Å²) in [7, 11) is 0. The van der Waals surface area contributed by atoms with Gasteiger partial charge in [-0.05, 0) is 13.0 Å². The van der Waals surface area contributed by atoms with Crippen molar-refractivity contribution < 1.29 is 14.0 Å². The summed E-state index contributed by atoms with van der Waals surface area (Å²) < 4.78 is 19.2.